The van der Waals surface area contributed by atoms with Gasteiger partial charge in [-0.05, 0) is 29.8 Å². The van der Waals surface area contributed by atoms with E-state index < -0.39 is 0 Å². The fourth-order valence-corrected chi connectivity index (χ4v) is 2.48. The molecule has 1 aromatic carbocycles. The molecule has 0 unspecified atom stereocenters. The maximum absolute atomic E-state index is 5.91. The van der Waals surface area contributed by atoms with Gasteiger partial charge in [-0.2, -0.15) is 0 Å². The van der Waals surface area contributed by atoms with E-state index in [2.05, 4.69) is 21.5 Å². The second-order valence-corrected chi connectivity index (χ2v) is 5.49. The summed E-state index contributed by atoms with van der Waals surface area (Å²) in [4.78, 5) is 12.2. The molecule has 3 rings (SSSR count). The van der Waals surface area contributed by atoms with Crippen LogP contribution in [0.25, 0.3) is 16.9 Å². The first-order chi connectivity index (χ1) is 11.2. The number of benzene rings is 1. The molecule has 116 valence electrons. The van der Waals surface area contributed by atoms with Crippen LogP contribution in [-0.2, 0) is 11.2 Å². The number of nitrogens with zero attached hydrogens (tertiary/aromatic N) is 2. The van der Waals surface area contributed by atoms with Gasteiger partial charge < -0.3 is 9.72 Å². The molecule has 3 aromatic rings. The Kier molecular flexibility index (Phi) is 4.44. The maximum atomic E-state index is 5.91. The predicted molar refractivity (Wildman–Crippen MR) is 93.3 cm³/mol. The first kappa shape index (κ1) is 15.3. The molecule has 0 amide bonds. The number of ether oxygens (including phenoxy) is 1. The SMILES string of the molecule is C=C/C=C(\OC)c1cnc2nc(Cc3ccc(Cl)cc3)[nH]c2c1. The van der Waals surface area contributed by atoms with Gasteiger partial charge in [-0.1, -0.05) is 36.4 Å². The lowest BCUT2D eigenvalue weighted by Crippen LogP contribution is -1.89. The molecular weight excluding hydrogens is 310 g/mol. The van der Waals surface area contributed by atoms with Crippen molar-refractivity contribution in [3.8, 4) is 0 Å². The molecule has 5 heteroatoms. The van der Waals surface area contributed by atoms with Crippen LogP contribution >= 0.6 is 11.6 Å². The number of allylic oxidation sites excluding steroid dienone is 2. The maximum Gasteiger partial charge on any atom is 0.177 e. The van der Waals surface area contributed by atoms with Crippen LogP contribution in [-0.4, -0.2) is 22.1 Å². The summed E-state index contributed by atoms with van der Waals surface area (Å²) in [6.45, 7) is 3.69. The number of aromatic amines is 1. The van der Waals surface area contributed by atoms with Crippen molar-refractivity contribution in [3.63, 3.8) is 0 Å². The van der Waals surface area contributed by atoms with Crippen LogP contribution in [0.5, 0.6) is 0 Å². The molecule has 0 atom stereocenters. The average molecular weight is 326 g/mol. The van der Waals surface area contributed by atoms with Gasteiger partial charge in [0.05, 0.1) is 12.6 Å². The molecule has 0 aliphatic carbocycles. The van der Waals surface area contributed by atoms with Crippen molar-refractivity contribution in [2.45, 2.75) is 6.42 Å². The number of hydrogen-bond donors (Lipinski definition) is 1. The number of H-pyrrole nitrogens is 1. The summed E-state index contributed by atoms with van der Waals surface area (Å²) in [6, 6.07) is 9.70. The van der Waals surface area contributed by atoms with Crippen molar-refractivity contribution in [2.24, 2.45) is 0 Å². The van der Waals surface area contributed by atoms with Crippen LogP contribution in [0.2, 0.25) is 5.02 Å². The van der Waals surface area contributed by atoms with Crippen LogP contribution in [0.3, 0.4) is 0 Å². The molecule has 0 fully saturated rings. The minimum atomic E-state index is 0.687. The quantitative estimate of drug-likeness (QED) is 0.559. The Labute approximate surface area is 139 Å². The second kappa shape index (κ2) is 6.67. The van der Waals surface area contributed by atoms with Crippen molar-refractivity contribution in [1.29, 1.82) is 0 Å². The average Bonchev–Trinajstić information content (AvgIpc) is 2.96. The van der Waals surface area contributed by atoms with Crippen LogP contribution in [0, 0.1) is 0 Å². The Morgan fingerprint density at radius 1 is 1.35 bits per heavy atom. The summed E-state index contributed by atoms with van der Waals surface area (Å²) in [5.74, 6) is 1.57. The van der Waals surface area contributed by atoms with Gasteiger partial charge in [-0.15, -0.1) is 0 Å². The minimum Gasteiger partial charge on any atom is -0.496 e. The second-order valence-electron chi connectivity index (χ2n) is 5.05. The number of methoxy groups -OCH3 is 1. The number of rotatable bonds is 5. The molecule has 0 saturated heterocycles. The van der Waals surface area contributed by atoms with Gasteiger partial charge >= 0.3 is 0 Å². The minimum absolute atomic E-state index is 0.687. The summed E-state index contributed by atoms with van der Waals surface area (Å²) < 4.78 is 5.34. The predicted octanol–water partition coefficient (Wildman–Crippen LogP) is 4.38. The molecule has 0 saturated carbocycles. The van der Waals surface area contributed by atoms with E-state index in [1.54, 1.807) is 25.5 Å². The topological polar surface area (TPSA) is 50.8 Å². The van der Waals surface area contributed by atoms with Gasteiger partial charge in [0.15, 0.2) is 5.65 Å². The Bertz CT molecular complexity index is 866. The molecule has 0 aliphatic rings. The van der Waals surface area contributed by atoms with Crippen molar-refractivity contribution in [2.75, 3.05) is 7.11 Å². The van der Waals surface area contributed by atoms with Crippen LogP contribution in [0.1, 0.15) is 17.0 Å². The highest BCUT2D eigenvalue weighted by molar-refractivity contribution is 6.30. The van der Waals surface area contributed by atoms with Gasteiger partial charge in [-0.25, -0.2) is 9.97 Å². The number of aromatic nitrogens is 3. The van der Waals surface area contributed by atoms with E-state index >= 15 is 0 Å². The van der Waals surface area contributed by atoms with E-state index in [9.17, 15) is 0 Å². The standard InChI is InChI=1S/C18H16ClN3O/c1-3-4-16(23-2)13-10-15-18(20-11-13)22-17(21-15)9-12-5-7-14(19)8-6-12/h3-8,10-11H,1,9H2,2H3,(H,20,21,22)/b16-4-. The summed E-state index contributed by atoms with van der Waals surface area (Å²) >= 11 is 5.91. The number of nitrogens with one attached hydrogen (secondary N) is 1. The molecule has 1 N–H and O–H groups in total. The van der Waals surface area contributed by atoms with E-state index in [-0.39, 0.29) is 0 Å². The van der Waals surface area contributed by atoms with E-state index in [4.69, 9.17) is 16.3 Å². The van der Waals surface area contributed by atoms with Gasteiger partial charge in [0.1, 0.15) is 11.6 Å². The third-order valence-corrected chi connectivity index (χ3v) is 3.70. The Balaban J connectivity index is 1.91. The highest BCUT2D eigenvalue weighted by Gasteiger charge is 2.08. The number of imidazole rings is 1. The van der Waals surface area contributed by atoms with Crippen molar-refractivity contribution < 1.29 is 4.74 Å². The van der Waals surface area contributed by atoms with Crippen molar-refractivity contribution >= 4 is 28.5 Å². The van der Waals surface area contributed by atoms with Gasteiger partial charge in [0.2, 0.25) is 0 Å². The zero-order chi connectivity index (χ0) is 16.2. The Hall–Kier alpha value is -2.59. The third-order valence-electron chi connectivity index (χ3n) is 3.44. The molecule has 4 nitrogen and oxygen atoms in total. The first-order valence-corrected chi connectivity index (χ1v) is 7.53. The molecule has 2 aromatic heterocycles. The summed E-state index contributed by atoms with van der Waals surface area (Å²) in [7, 11) is 1.62. The van der Waals surface area contributed by atoms with E-state index in [0.29, 0.717) is 17.8 Å². The van der Waals surface area contributed by atoms with E-state index in [1.165, 1.54) is 0 Å². The van der Waals surface area contributed by atoms with E-state index in [1.807, 2.05) is 30.3 Å². The first-order valence-electron chi connectivity index (χ1n) is 7.16. The highest BCUT2D eigenvalue weighted by atomic mass is 35.5. The summed E-state index contributed by atoms with van der Waals surface area (Å²) in [5.41, 5.74) is 3.57. The van der Waals surface area contributed by atoms with Gasteiger partial charge in [0.25, 0.3) is 0 Å². The lowest BCUT2D eigenvalue weighted by atomic mass is 10.1. The molecule has 23 heavy (non-hydrogen) atoms. The van der Waals surface area contributed by atoms with Crippen LogP contribution in [0.4, 0.5) is 0 Å². The normalized spacial score (nSPS) is 11.7. The number of fused-ring (bicyclic) bond motifs is 1. The van der Waals surface area contributed by atoms with Crippen LogP contribution in [0.15, 0.2) is 55.3 Å². The third kappa shape index (κ3) is 3.43. The number of hydrogen-bond acceptors (Lipinski definition) is 3. The van der Waals surface area contributed by atoms with E-state index in [0.717, 1.165) is 27.5 Å². The summed E-state index contributed by atoms with van der Waals surface area (Å²) in [6.07, 6.45) is 5.92. The zero-order valence-electron chi connectivity index (χ0n) is 12.7. The van der Waals surface area contributed by atoms with Gasteiger partial charge in [0, 0.05) is 23.2 Å². The lowest BCUT2D eigenvalue weighted by Gasteiger charge is -2.04. The molecule has 0 bridgehead atoms. The molecule has 0 radical (unpaired) electrons. The Morgan fingerprint density at radius 3 is 2.83 bits per heavy atom. The fraction of sp³-hybridized carbons (Fsp3) is 0.111. The monoisotopic (exact) mass is 325 g/mol. The lowest BCUT2D eigenvalue weighted by molar-refractivity contribution is 0.370. The van der Waals surface area contributed by atoms with Crippen LogP contribution < -0.4 is 0 Å². The van der Waals surface area contributed by atoms with Crippen molar-refractivity contribution in [3.05, 3.63) is 77.2 Å². The largest absolute Gasteiger partial charge is 0.496 e. The molecule has 0 spiro atoms. The Morgan fingerprint density at radius 2 is 2.13 bits per heavy atom. The molecule has 2 heterocycles. The fourth-order valence-electron chi connectivity index (χ4n) is 2.35. The summed E-state index contributed by atoms with van der Waals surface area (Å²) in [5, 5.41) is 0.728. The number of pyridine rings is 1. The highest BCUT2D eigenvalue weighted by Crippen LogP contribution is 2.20. The molecule has 0 aliphatic heterocycles. The zero-order valence-corrected chi connectivity index (χ0v) is 13.5. The molecular formula is C18H16ClN3O. The smallest absolute Gasteiger partial charge is 0.177 e. The number of halogens is 1. The van der Waals surface area contributed by atoms with Crippen molar-refractivity contribution in [1.82, 2.24) is 15.0 Å². The van der Waals surface area contributed by atoms with Gasteiger partial charge in [-0.3, -0.25) is 0 Å².